The summed E-state index contributed by atoms with van der Waals surface area (Å²) in [5.74, 6) is -0.911. The molecule has 2 N–H and O–H groups in total. The van der Waals surface area contributed by atoms with Gasteiger partial charge in [-0.3, -0.25) is 0 Å². The molecule has 1 atom stereocenters. The van der Waals surface area contributed by atoms with Crippen molar-refractivity contribution in [3.8, 4) is 0 Å². The Morgan fingerprint density at radius 1 is 1.21 bits per heavy atom. The van der Waals surface area contributed by atoms with Gasteiger partial charge in [-0.15, -0.1) is 0 Å². The Hall–Kier alpha value is -1.81. The van der Waals surface area contributed by atoms with Gasteiger partial charge in [-0.1, -0.05) is 28.1 Å². The first-order valence-corrected chi connectivity index (χ1v) is 6.71. The van der Waals surface area contributed by atoms with E-state index >= 15 is 0 Å². The highest BCUT2D eigenvalue weighted by Crippen LogP contribution is 2.22. The molecule has 2 aromatic rings. The summed E-state index contributed by atoms with van der Waals surface area (Å²) >= 11 is 3.45. The van der Waals surface area contributed by atoms with Gasteiger partial charge in [0.1, 0.15) is 0 Å². The van der Waals surface area contributed by atoms with Crippen molar-refractivity contribution < 1.29 is 9.90 Å². The van der Waals surface area contributed by atoms with Crippen molar-refractivity contribution in [3.63, 3.8) is 0 Å². The molecular weight excluding hydrogens is 306 g/mol. The maximum atomic E-state index is 10.8. The van der Waals surface area contributed by atoms with Gasteiger partial charge in [0.2, 0.25) is 0 Å². The van der Waals surface area contributed by atoms with E-state index in [0.29, 0.717) is 5.56 Å². The third-order valence-electron chi connectivity index (χ3n) is 2.86. The number of halogens is 1. The largest absolute Gasteiger partial charge is 0.478 e. The van der Waals surface area contributed by atoms with E-state index in [1.54, 1.807) is 24.3 Å². The van der Waals surface area contributed by atoms with E-state index < -0.39 is 5.97 Å². The minimum absolute atomic E-state index is 0.146. The van der Waals surface area contributed by atoms with Gasteiger partial charge < -0.3 is 10.4 Å². The van der Waals surface area contributed by atoms with Crippen LogP contribution >= 0.6 is 15.9 Å². The van der Waals surface area contributed by atoms with E-state index in [1.807, 2.05) is 18.2 Å². The minimum atomic E-state index is -0.911. The van der Waals surface area contributed by atoms with Crippen molar-refractivity contribution in [1.29, 1.82) is 0 Å². The van der Waals surface area contributed by atoms with Crippen LogP contribution in [0.15, 0.2) is 53.0 Å². The Morgan fingerprint density at radius 3 is 2.47 bits per heavy atom. The van der Waals surface area contributed by atoms with E-state index in [2.05, 4.69) is 34.2 Å². The summed E-state index contributed by atoms with van der Waals surface area (Å²) in [6, 6.07) is 15.0. The van der Waals surface area contributed by atoms with Gasteiger partial charge in [-0.05, 0) is 48.9 Å². The highest BCUT2D eigenvalue weighted by atomic mass is 79.9. The summed E-state index contributed by atoms with van der Waals surface area (Å²) in [6.07, 6.45) is 0. The molecule has 0 aliphatic carbocycles. The number of nitrogens with one attached hydrogen (secondary N) is 1. The summed E-state index contributed by atoms with van der Waals surface area (Å²) in [5, 5.41) is 12.2. The van der Waals surface area contributed by atoms with Crippen LogP contribution in [0, 0.1) is 0 Å². The second-order valence-corrected chi connectivity index (χ2v) is 5.22. The molecule has 2 aromatic carbocycles. The second kappa shape index (κ2) is 5.89. The zero-order valence-corrected chi connectivity index (χ0v) is 12.0. The number of benzene rings is 2. The zero-order chi connectivity index (χ0) is 13.8. The lowest BCUT2D eigenvalue weighted by molar-refractivity contribution is 0.0697. The average molecular weight is 320 g/mol. The van der Waals surface area contributed by atoms with Gasteiger partial charge in [0.25, 0.3) is 0 Å². The molecule has 0 saturated carbocycles. The summed E-state index contributed by atoms with van der Waals surface area (Å²) < 4.78 is 1.04. The molecule has 0 fully saturated rings. The third-order valence-corrected chi connectivity index (χ3v) is 3.36. The lowest BCUT2D eigenvalue weighted by Gasteiger charge is -2.16. The first-order valence-electron chi connectivity index (χ1n) is 5.91. The number of carbonyl (C=O) groups is 1. The molecule has 0 saturated heterocycles. The number of anilines is 1. The Kier molecular flexibility index (Phi) is 4.22. The normalized spacial score (nSPS) is 11.9. The zero-order valence-electron chi connectivity index (χ0n) is 10.4. The van der Waals surface area contributed by atoms with Gasteiger partial charge in [-0.25, -0.2) is 4.79 Å². The molecule has 0 heterocycles. The molecule has 1 unspecified atom stereocenters. The van der Waals surface area contributed by atoms with Crippen LogP contribution in [0.5, 0.6) is 0 Å². The molecule has 0 spiro atoms. The lowest BCUT2D eigenvalue weighted by Crippen LogP contribution is -2.06. The average Bonchev–Trinajstić information content (AvgIpc) is 2.39. The molecule has 98 valence electrons. The summed E-state index contributed by atoms with van der Waals surface area (Å²) in [5.41, 5.74) is 2.36. The maximum absolute atomic E-state index is 10.8. The van der Waals surface area contributed by atoms with Gasteiger partial charge in [-0.2, -0.15) is 0 Å². The Labute approximate surface area is 120 Å². The van der Waals surface area contributed by atoms with Gasteiger partial charge in [0.15, 0.2) is 0 Å². The molecule has 0 aromatic heterocycles. The molecular formula is C15H14BrNO2. The van der Waals surface area contributed by atoms with Crippen molar-refractivity contribution in [2.24, 2.45) is 0 Å². The minimum Gasteiger partial charge on any atom is -0.478 e. The Morgan fingerprint density at radius 2 is 1.89 bits per heavy atom. The van der Waals surface area contributed by atoms with E-state index in [4.69, 9.17) is 5.11 Å². The number of carboxylic acid groups (broad SMARTS) is 1. The standard InChI is InChI=1S/C15H14BrNO2/c1-10(12-3-2-4-13(16)9-12)17-14-7-5-11(6-8-14)15(18)19/h2-10,17H,1H3,(H,18,19). The number of aromatic carboxylic acids is 1. The molecule has 4 heteroatoms. The molecule has 0 aliphatic rings. The molecule has 0 bridgehead atoms. The van der Waals surface area contributed by atoms with Crippen LogP contribution < -0.4 is 5.32 Å². The number of hydrogen-bond donors (Lipinski definition) is 2. The fourth-order valence-electron chi connectivity index (χ4n) is 1.82. The van der Waals surface area contributed by atoms with Crippen LogP contribution in [0.25, 0.3) is 0 Å². The molecule has 0 aliphatic heterocycles. The lowest BCUT2D eigenvalue weighted by atomic mass is 10.1. The highest BCUT2D eigenvalue weighted by molar-refractivity contribution is 9.10. The molecule has 3 nitrogen and oxygen atoms in total. The maximum Gasteiger partial charge on any atom is 0.335 e. The predicted octanol–water partition coefficient (Wildman–Crippen LogP) is 4.32. The smallest absolute Gasteiger partial charge is 0.335 e. The van der Waals surface area contributed by atoms with Crippen LogP contribution in [0.4, 0.5) is 5.69 Å². The second-order valence-electron chi connectivity index (χ2n) is 4.30. The summed E-state index contributed by atoms with van der Waals surface area (Å²) in [7, 11) is 0. The van der Waals surface area contributed by atoms with Gasteiger partial charge in [0.05, 0.1) is 5.56 Å². The fraction of sp³-hybridized carbons (Fsp3) is 0.133. The molecule has 19 heavy (non-hydrogen) atoms. The quantitative estimate of drug-likeness (QED) is 0.882. The van der Waals surface area contributed by atoms with Crippen LogP contribution in [-0.4, -0.2) is 11.1 Å². The summed E-state index contributed by atoms with van der Waals surface area (Å²) in [6.45, 7) is 2.06. The van der Waals surface area contributed by atoms with Crippen molar-refractivity contribution in [1.82, 2.24) is 0 Å². The Bertz CT molecular complexity index is 581. The van der Waals surface area contributed by atoms with Crippen LogP contribution in [0.3, 0.4) is 0 Å². The van der Waals surface area contributed by atoms with Crippen LogP contribution in [-0.2, 0) is 0 Å². The predicted molar refractivity (Wildman–Crippen MR) is 79.6 cm³/mol. The van der Waals surface area contributed by atoms with E-state index in [0.717, 1.165) is 15.7 Å². The van der Waals surface area contributed by atoms with Gasteiger partial charge >= 0.3 is 5.97 Å². The van der Waals surface area contributed by atoms with Crippen molar-refractivity contribution in [2.75, 3.05) is 5.32 Å². The van der Waals surface area contributed by atoms with Crippen molar-refractivity contribution >= 4 is 27.6 Å². The molecule has 2 rings (SSSR count). The van der Waals surface area contributed by atoms with Gasteiger partial charge in [0, 0.05) is 16.2 Å². The van der Waals surface area contributed by atoms with Crippen molar-refractivity contribution in [2.45, 2.75) is 13.0 Å². The third kappa shape index (κ3) is 3.58. The monoisotopic (exact) mass is 319 g/mol. The topological polar surface area (TPSA) is 49.3 Å². The molecule has 0 radical (unpaired) electrons. The number of rotatable bonds is 4. The van der Waals surface area contributed by atoms with Crippen LogP contribution in [0.2, 0.25) is 0 Å². The fourth-order valence-corrected chi connectivity index (χ4v) is 2.24. The SMILES string of the molecule is CC(Nc1ccc(C(=O)O)cc1)c1cccc(Br)c1. The van der Waals surface area contributed by atoms with Crippen LogP contribution in [0.1, 0.15) is 28.9 Å². The highest BCUT2D eigenvalue weighted by Gasteiger charge is 2.06. The number of hydrogen-bond acceptors (Lipinski definition) is 2. The molecule has 0 amide bonds. The van der Waals surface area contributed by atoms with Crippen molar-refractivity contribution in [3.05, 3.63) is 64.1 Å². The first kappa shape index (κ1) is 13.6. The number of carboxylic acids is 1. The Balaban J connectivity index is 2.10. The van der Waals surface area contributed by atoms with E-state index in [9.17, 15) is 4.79 Å². The first-order chi connectivity index (χ1) is 9.06. The summed E-state index contributed by atoms with van der Waals surface area (Å²) in [4.78, 5) is 10.8. The van der Waals surface area contributed by atoms with E-state index in [1.165, 1.54) is 0 Å². The van der Waals surface area contributed by atoms with E-state index in [-0.39, 0.29) is 6.04 Å².